The van der Waals surface area contributed by atoms with Gasteiger partial charge in [0.05, 0.1) is 5.41 Å². The van der Waals surface area contributed by atoms with Gasteiger partial charge in [0.15, 0.2) is 5.78 Å². The molecule has 0 aromatic heterocycles. The zero-order valence-electron chi connectivity index (χ0n) is 9.11. The standard InChI is InChI=1S/C14H13FO/c1-2-14(10-4-3-5-13(14)16)11-6-8-12(15)9-7-11/h3-10H,2H2,1H3. The van der Waals surface area contributed by atoms with Crippen molar-refractivity contribution in [2.45, 2.75) is 18.8 Å². The number of allylic oxidation sites excluding steroid dienone is 4. The van der Waals surface area contributed by atoms with E-state index in [9.17, 15) is 9.18 Å². The maximum Gasteiger partial charge on any atom is 0.169 e. The first kappa shape index (κ1) is 10.8. The van der Waals surface area contributed by atoms with Gasteiger partial charge in [-0.15, -0.1) is 0 Å². The van der Waals surface area contributed by atoms with E-state index in [0.29, 0.717) is 6.42 Å². The first-order chi connectivity index (χ1) is 7.69. The van der Waals surface area contributed by atoms with E-state index in [1.54, 1.807) is 24.3 Å². The van der Waals surface area contributed by atoms with Crippen LogP contribution in [-0.4, -0.2) is 5.78 Å². The molecule has 0 saturated heterocycles. The predicted octanol–water partition coefficient (Wildman–Crippen LogP) is 3.17. The molecule has 0 N–H and O–H groups in total. The molecule has 1 aliphatic rings. The van der Waals surface area contributed by atoms with Crippen LogP contribution in [0.4, 0.5) is 4.39 Å². The second-order valence-electron chi connectivity index (χ2n) is 3.91. The van der Waals surface area contributed by atoms with Crippen molar-refractivity contribution in [2.75, 3.05) is 0 Å². The third-order valence-corrected chi connectivity index (χ3v) is 3.10. The number of carbonyl (C=O) groups excluding carboxylic acids is 1. The van der Waals surface area contributed by atoms with E-state index in [1.165, 1.54) is 12.1 Å². The monoisotopic (exact) mass is 216 g/mol. The van der Waals surface area contributed by atoms with Crippen molar-refractivity contribution in [3.8, 4) is 0 Å². The van der Waals surface area contributed by atoms with Gasteiger partial charge in [-0.3, -0.25) is 4.79 Å². The Morgan fingerprint density at radius 2 is 1.88 bits per heavy atom. The fourth-order valence-corrected chi connectivity index (χ4v) is 2.08. The van der Waals surface area contributed by atoms with Crippen LogP contribution in [0.3, 0.4) is 0 Å². The van der Waals surface area contributed by atoms with Gasteiger partial charge in [0, 0.05) is 0 Å². The smallest absolute Gasteiger partial charge is 0.169 e. The Morgan fingerprint density at radius 1 is 1.19 bits per heavy atom. The van der Waals surface area contributed by atoms with Crippen molar-refractivity contribution in [3.63, 3.8) is 0 Å². The molecule has 1 unspecified atom stereocenters. The molecule has 82 valence electrons. The molecule has 2 rings (SSSR count). The van der Waals surface area contributed by atoms with E-state index in [0.717, 1.165) is 5.56 Å². The van der Waals surface area contributed by atoms with Crippen LogP contribution in [0, 0.1) is 5.82 Å². The topological polar surface area (TPSA) is 17.1 Å². The number of hydrogen-bond donors (Lipinski definition) is 0. The molecule has 1 nitrogen and oxygen atoms in total. The predicted molar refractivity (Wildman–Crippen MR) is 61.7 cm³/mol. The summed E-state index contributed by atoms with van der Waals surface area (Å²) in [6.07, 6.45) is 7.75. The van der Waals surface area contributed by atoms with Crippen molar-refractivity contribution in [1.82, 2.24) is 0 Å². The number of rotatable bonds is 2. The van der Waals surface area contributed by atoms with Gasteiger partial charge in [-0.05, 0) is 30.2 Å². The third-order valence-electron chi connectivity index (χ3n) is 3.10. The Labute approximate surface area is 94.3 Å². The second-order valence-corrected chi connectivity index (χ2v) is 3.91. The third kappa shape index (κ3) is 1.60. The van der Waals surface area contributed by atoms with E-state index in [2.05, 4.69) is 0 Å². The summed E-state index contributed by atoms with van der Waals surface area (Å²) in [5.41, 5.74) is 0.240. The van der Waals surface area contributed by atoms with Crippen molar-refractivity contribution in [3.05, 3.63) is 60.0 Å². The normalized spacial score (nSPS) is 23.8. The van der Waals surface area contributed by atoms with Gasteiger partial charge in [0.25, 0.3) is 0 Å². The highest BCUT2D eigenvalue weighted by atomic mass is 19.1. The summed E-state index contributed by atoms with van der Waals surface area (Å²) in [7, 11) is 0. The lowest BCUT2D eigenvalue weighted by atomic mass is 9.72. The fraction of sp³-hybridized carbons (Fsp3) is 0.214. The first-order valence-electron chi connectivity index (χ1n) is 5.35. The first-order valence-corrected chi connectivity index (χ1v) is 5.35. The van der Waals surface area contributed by atoms with Crippen LogP contribution in [0.25, 0.3) is 0 Å². The lowest BCUT2D eigenvalue weighted by Gasteiger charge is -2.28. The van der Waals surface area contributed by atoms with Gasteiger partial charge >= 0.3 is 0 Å². The Balaban J connectivity index is 2.50. The van der Waals surface area contributed by atoms with Gasteiger partial charge in [0.2, 0.25) is 0 Å². The quantitative estimate of drug-likeness (QED) is 0.742. The maximum absolute atomic E-state index is 12.9. The minimum absolute atomic E-state index is 0.0594. The van der Waals surface area contributed by atoms with Crippen LogP contribution in [0.5, 0.6) is 0 Å². The number of ketones is 1. The Kier molecular flexibility index (Phi) is 2.73. The van der Waals surface area contributed by atoms with Crippen molar-refractivity contribution in [1.29, 1.82) is 0 Å². The minimum Gasteiger partial charge on any atom is -0.293 e. The highest BCUT2D eigenvalue weighted by molar-refractivity contribution is 6.02. The number of benzene rings is 1. The molecule has 0 aliphatic heterocycles. The SMILES string of the molecule is CCC1(c2ccc(F)cc2)C=CC=CC1=O. The molecule has 0 bridgehead atoms. The van der Waals surface area contributed by atoms with Crippen LogP contribution in [0.2, 0.25) is 0 Å². The largest absolute Gasteiger partial charge is 0.293 e. The summed E-state index contributed by atoms with van der Waals surface area (Å²) in [6.45, 7) is 1.96. The minimum atomic E-state index is -0.609. The second kappa shape index (κ2) is 4.05. The molecule has 2 heteroatoms. The molecular weight excluding hydrogens is 203 g/mol. The summed E-state index contributed by atoms with van der Waals surface area (Å²) < 4.78 is 12.9. The van der Waals surface area contributed by atoms with E-state index < -0.39 is 5.41 Å². The molecule has 0 fully saturated rings. The van der Waals surface area contributed by atoms with Crippen LogP contribution >= 0.6 is 0 Å². The molecular formula is C14H13FO. The molecule has 0 amide bonds. The molecule has 0 saturated carbocycles. The van der Waals surface area contributed by atoms with Gasteiger partial charge in [0.1, 0.15) is 5.82 Å². The molecule has 0 spiro atoms. The van der Waals surface area contributed by atoms with Crippen molar-refractivity contribution >= 4 is 5.78 Å². The Bertz CT molecular complexity index is 456. The number of carbonyl (C=O) groups is 1. The van der Waals surface area contributed by atoms with E-state index in [-0.39, 0.29) is 11.6 Å². The van der Waals surface area contributed by atoms with Crippen LogP contribution in [0.1, 0.15) is 18.9 Å². The molecule has 1 aromatic carbocycles. The Hall–Kier alpha value is -1.70. The summed E-state index contributed by atoms with van der Waals surface area (Å²) in [6, 6.07) is 6.15. The molecule has 0 heterocycles. The van der Waals surface area contributed by atoms with Crippen molar-refractivity contribution < 1.29 is 9.18 Å². The lowest BCUT2D eigenvalue weighted by Crippen LogP contribution is -2.33. The summed E-state index contributed by atoms with van der Waals surface area (Å²) in [4.78, 5) is 12.0. The van der Waals surface area contributed by atoms with Gasteiger partial charge in [-0.2, -0.15) is 0 Å². The van der Waals surface area contributed by atoms with Crippen LogP contribution < -0.4 is 0 Å². The summed E-state index contributed by atoms with van der Waals surface area (Å²) >= 11 is 0. The number of hydrogen-bond acceptors (Lipinski definition) is 1. The van der Waals surface area contributed by atoms with Crippen molar-refractivity contribution in [2.24, 2.45) is 0 Å². The van der Waals surface area contributed by atoms with E-state index in [1.807, 2.05) is 19.1 Å². The Morgan fingerprint density at radius 3 is 2.44 bits per heavy atom. The van der Waals surface area contributed by atoms with Gasteiger partial charge in [-0.25, -0.2) is 4.39 Å². The van der Waals surface area contributed by atoms with E-state index in [4.69, 9.17) is 0 Å². The molecule has 1 atom stereocenters. The summed E-state index contributed by atoms with van der Waals surface area (Å²) in [5, 5.41) is 0. The highest BCUT2D eigenvalue weighted by Gasteiger charge is 2.35. The zero-order valence-corrected chi connectivity index (χ0v) is 9.11. The maximum atomic E-state index is 12.9. The molecule has 1 aliphatic carbocycles. The zero-order chi connectivity index (χ0) is 11.6. The average molecular weight is 216 g/mol. The van der Waals surface area contributed by atoms with Gasteiger partial charge < -0.3 is 0 Å². The molecule has 1 aromatic rings. The fourth-order valence-electron chi connectivity index (χ4n) is 2.08. The van der Waals surface area contributed by atoms with E-state index >= 15 is 0 Å². The summed E-state index contributed by atoms with van der Waals surface area (Å²) in [5.74, 6) is -0.220. The number of halogens is 1. The van der Waals surface area contributed by atoms with Crippen LogP contribution in [0.15, 0.2) is 48.6 Å². The lowest BCUT2D eigenvalue weighted by molar-refractivity contribution is -0.118. The van der Waals surface area contributed by atoms with Crippen LogP contribution in [-0.2, 0) is 10.2 Å². The molecule has 16 heavy (non-hydrogen) atoms. The molecule has 0 radical (unpaired) electrons. The highest BCUT2D eigenvalue weighted by Crippen LogP contribution is 2.33. The average Bonchev–Trinajstić information content (AvgIpc) is 2.31. The van der Waals surface area contributed by atoms with Gasteiger partial charge in [-0.1, -0.05) is 37.3 Å².